The van der Waals surface area contributed by atoms with Gasteiger partial charge in [-0.05, 0) is 19.1 Å². The Morgan fingerprint density at radius 3 is 2.67 bits per heavy atom. The van der Waals surface area contributed by atoms with Gasteiger partial charge in [0.05, 0.1) is 11.4 Å². The molecule has 0 unspecified atom stereocenters. The van der Waals surface area contributed by atoms with Crippen LogP contribution in [0.15, 0.2) is 28.7 Å². The average Bonchev–Trinajstić information content (AvgIpc) is 2.41. The number of nitrogens with zero attached hydrogens (tertiary/aromatic N) is 2. The van der Waals surface area contributed by atoms with Gasteiger partial charge < -0.3 is 10.3 Å². The van der Waals surface area contributed by atoms with Crippen molar-refractivity contribution in [2.45, 2.75) is 6.92 Å². The summed E-state index contributed by atoms with van der Waals surface area (Å²) in [7, 11) is 1.92. The summed E-state index contributed by atoms with van der Waals surface area (Å²) < 4.78 is 2.95. The van der Waals surface area contributed by atoms with Crippen LogP contribution >= 0.6 is 15.9 Å². The number of nitrogens with two attached hydrogens (primary N) is 1. The first kappa shape index (κ1) is 10.2. The van der Waals surface area contributed by atoms with Crippen molar-refractivity contribution in [3.63, 3.8) is 0 Å². The van der Waals surface area contributed by atoms with E-state index >= 15 is 0 Å². The van der Waals surface area contributed by atoms with Gasteiger partial charge in [0.1, 0.15) is 0 Å². The molecule has 15 heavy (non-hydrogen) atoms. The molecule has 0 aliphatic heterocycles. The van der Waals surface area contributed by atoms with Crippen molar-refractivity contribution in [3.05, 3.63) is 34.4 Å². The van der Waals surface area contributed by atoms with Crippen molar-refractivity contribution in [1.82, 2.24) is 9.55 Å². The summed E-state index contributed by atoms with van der Waals surface area (Å²) in [5.41, 5.74) is 8.89. The molecular formula is C11H12BrN3. The maximum Gasteiger partial charge on any atom is 0.200 e. The van der Waals surface area contributed by atoms with Gasteiger partial charge in [0.25, 0.3) is 0 Å². The largest absolute Gasteiger partial charge is 0.369 e. The van der Waals surface area contributed by atoms with Crippen LogP contribution in [0.2, 0.25) is 0 Å². The molecule has 0 saturated carbocycles. The minimum absolute atomic E-state index is 0.544. The molecule has 0 saturated heterocycles. The van der Waals surface area contributed by atoms with Crippen LogP contribution in [-0.4, -0.2) is 9.55 Å². The van der Waals surface area contributed by atoms with E-state index in [1.807, 2.05) is 36.7 Å². The topological polar surface area (TPSA) is 43.8 Å². The fourth-order valence-electron chi connectivity index (χ4n) is 1.70. The Morgan fingerprint density at radius 1 is 1.40 bits per heavy atom. The lowest BCUT2D eigenvalue weighted by atomic mass is 10.1. The van der Waals surface area contributed by atoms with Crippen molar-refractivity contribution in [1.29, 1.82) is 0 Å². The zero-order valence-corrected chi connectivity index (χ0v) is 10.2. The third-order valence-corrected chi connectivity index (χ3v) is 2.90. The first-order chi connectivity index (χ1) is 7.09. The molecule has 3 nitrogen and oxygen atoms in total. The molecule has 78 valence electrons. The Hall–Kier alpha value is -1.29. The predicted octanol–water partition coefficient (Wildman–Crippen LogP) is 2.74. The van der Waals surface area contributed by atoms with E-state index in [0.29, 0.717) is 5.95 Å². The van der Waals surface area contributed by atoms with Gasteiger partial charge in [-0.2, -0.15) is 0 Å². The average molecular weight is 266 g/mol. The molecule has 0 radical (unpaired) electrons. The quantitative estimate of drug-likeness (QED) is 0.862. The first-order valence-corrected chi connectivity index (χ1v) is 5.43. The number of anilines is 1. The number of nitrogen functional groups attached to an aromatic ring is 1. The number of benzene rings is 1. The number of aryl methyl sites for hydroxylation is 1. The number of hydrogen-bond donors (Lipinski definition) is 1. The lowest BCUT2D eigenvalue weighted by Crippen LogP contribution is -1.98. The van der Waals surface area contributed by atoms with E-state index in [9.17, 15) is 0 Å². The molecule has 0 aliphatic rings. The first-order valence-electron chi connectivity index (χ1n) is 4.64. The Bertz CT molecular complexity index is 503. The lowest BCUT2D eigenvalue weighted by molar-refractivity contribution is 0.937. The molecule has 4 heteroatoms. The zero-order chi connectivity index (χ0) is 11.0. The Morgan fingerprint density at radius 2 is 2.13 bits per heavy atom. The Kier molecular flexibility index (Phi) is 2.52. The maximum absolute atomic E-state index is 5.76. The molecule has 2 aromatic rings. The highest BCUT2D eigenvalue weighted by molar-refractivity contribution is 9.10. The summed E-state index contributed by atoms with van der Waals surface area (Å²) in [6, 6.07) is 8.11. The van der Waals surface area contributed by atoms with Crippen LogP contribution in [0.4, 0.5) is 5.95 Å². The third-order valence-electron chi connectivity index (χ3n) is 2.40. The fourth-order valence-corrected chi connectivity index (χ4v) is 2.09. The van der Waals surface area contributed by atoms with Gasteiger partial charge in [0, 0.05) is 17.1 Å². The van der Waals surface area contributed by atoms with Crippen molar-refractivity contribution >= 4 is 21.9 Å². The van der Waals surface area contributed by atoms with E-state index in [0.717, 1.165) is 21.4 Å². The lowest BCUT2D eigenvalue weighted by Gasteiger charge is -2.05. The van der Waals surface area contributed by atoms with Crippen molar-refractivity contribution in [2.24, 2.45) is 7.05 Å². The molecule has 1 aromatic heterocycles. The SMILES string of the molecule is Cc1nc(N)n(C)c1-c1cccc(Br)c1. The minimum Gasteiger partial charge on any atom is -0.369 e. The third kappa shape index (κ3) is 1.77. The number of halogens is 1. The van der Waals surface area contributed by atoms with Gasteiger partial charge in [0.15, 0.2) is 0 Å². The second kappa shape index (κ2) is 3.70. The highest BCUT2D eigenvalue weighted by atomic mass is 79.9. The van der Waals surface area contributed by atoms with Gasteiger partial charge in [-0.1, -0.05) is 28.1 Å². The van der Waals surface area contributed by atoms with Crippen LogP contribution < -0.4 is 5.73 Å². The molecule has 0 amide bonds. The Labute approximate surface area is 97.1 Å². The summed E-state index contributed by atoms with van der Waals surface area (Å²) in [4.78, 5) is 4.24. The highest BCUT2D eigenvalue weighted by Crippen LogP contribution is 2.26. The normalized spacial score (nSPS) is 10.6. The standard InChI is InChI=1S/C11H12BrN3/c1-7-10(15(2)11(13)14-7)8-4-3-5-9(12)6-8/h3-6H,1-2H3,(H2,13,14). The van der Waals surface area contributed by atoms with Crippen LogP contribution in [-0.2, 0) is 7.05 Å². The van der Waals surface area contributed by atoms with E-state index in [-0.39, 0.29) is 0 Å². The maximum atomic E-state index is 5.76. The van der Waals surface area contributed by atoms with Crippen LogP contribution in [0.25, 0.3) is 11.3 Å². The summed E-state index contributed by atoms with van der Waals surface area (Å²) in [6.07, 6.45) is 0. The van der Waals surface area contributed by atoms with Gasteiger partial charge in [-0.25, -0.2) is 4.98 Å². The van der Waals surface area contributed by atoms with E-state index in [4.69, 9.17) is 5.73 Å². The van der Waals surface area contributed by atoms with Crippen LogP contribution in [0.5, 0.6) is 0 Å². The molecule has 2 N–H and O–H groups in total. The van der Waals surface area contributed by atoms with Crippen molar-refractivity contribution < 1.29 is 0 Å². The summed E-state index contributed by atoms with van der Waals surface area (Å²) in [5.74, 6) is 0.544. The van der Waals surface area contributed by atoms with E-state index in [1.165, 1.54) is 0 Å². The molecule has 0 fully saturated rings. The number of imidazole rings is 1. The van der Waals surface area contributed by atoms with Crippen molar-refractivity contribution in [3.8, 4) is 11.3 Å². The molecule has 1 heterocycles. The summed E-state index contributed by atoms with van der Waals surface area (Å²) >= 11 is 3.45. The number of rotatable bonds is 1. The molecule has 0 atom stereocenters. The van der Waals surface area contributed by atoms with Gasteiger partial charge in [-0.15, -0.1) is 0 Å². The monoisotopic (exact) mass is 265 g/mol. The molecule has 0 bridgehead atoms. The summed E-state index contributed by atoms with van der Waals surface area (Å²) in [6.45, 7) is 1.96. The van der Waals surface area contributed by atoms with Crippen LogP contribution in [0.1, 0.15) is 5.69 Å². The van der Waals surface area contributed by atoms with Crippen molar-refractivity contribution in [2.75, 3.05) is 5.73 Å². The van der Waals surface area contributed by atoms with E-state index in [1.54, 1.807) is 0 Å². The molecule has 1 aromatic carbocycles. The molecule has 2 rings (SSSR count). The smallest absolute Gasteiger partial charge is 0.200 e. The van der Waals surface area contributed by atoms with E-state index in [2.05, 4.69) is 27.0 Å². The Balaban J connectivity index is 2.63. The molecular weight excluding hydrogens is 254 g/mol. The van der Waals surface area contributed by atoms with Gasteiger partial charge >= 0.3 is 0 Å². The van der Waals surface area contributed by atoms with Crippen LogP contribution in [0, 0.1) is 6.92 Å². The van der Waals surface area contributed by atoms with Gasteiger partial charge in [0.2, 0.25) is 5.95 Å². The highest BCUT2D eigenvalue weighted by Gasteiger charge is 2.10. The van der Waals surface area contributed by atoms with Gasteiger partial charge in [-0.3, -0.25) is 0 Å². The summed E-state index contributed by atoms with van der Waals surface area (Å²) in [5, 5.41) is 0. The minimum atomic E-state index is 0.544. The second-order valence-electron chi connectivity index (χ2n) is 3.47. The number of aromatic nitrogens is 2. The van der Waals surface area contributed by atoms with E-state index < -0.39 is 0 Å². The fraction of sp³-hybridized carbons (Fsp3) is 0.182. The zero-order valence-electron chi connectivity index (χ0n) is 8.66. The van der Waals surface area contributed by atoms with Crippen LogP contribution in [0.3, 0.4) is 0 Å². The molecule has 0 spiro atoms. The predicted molar refractivity (Wildman–Crippen MR) is 65.5 cm³/mol. The second-order valence-corrected chi connectivity index (χ2v) is 4.39. The molecule has 0 aliphatic carbocycles. The number of hydrogen-bond acceptors (Lipinski definition) is 2.